The Balaban J connectivity index is 2.10. The monoisotopic (exact) mass is 249 g/mol. The molecule has 0 saturated carbocycles. The maximum atomic E-state index is 12.1. The predicted octanol–water partition coefficient (Wildman–Crippen LogP) is 1.34. The fourth-order valence-corrected chi connectivity index (χ4v) is 2.10. The summed E-state index contributed by atoms with van der Waals surface area (Å²) in [6.45, 7) is 4.57. The fourth-order valence-electron chi connectivity index (χ4n) is 2.10. The highest BCUT2D eigenvalue weighted by Crippen LogP contribution is 2.15. The Kier molecular flexibility index (Phi) is 3.81. The predicted molar refractivity (Wildman–Crippen MR) is 69.8 cm³/mol. The first-order valence-corrected chi connectivity index (χ1v) is 6.19. The van der Waals surface area contributed by atoms with Crippen molar-refractivity contribution in [2.24, 2.45) is 0 Å². The normalized spacial score (nSPS) is 22.8. The fraction of sp³-hybridized carbons (Fsp3) is 0.538. The molecule has 2 unspecified atom stereocenters. The van der Waals surface area contributed by atoms with Gasteiger partial charge in [-0.05, 0) is 32.4 Å². The summed E-state index contributed by atoms with van der Waals surface area (Å²) in [5.41, 5.74) is 1.45. The van der Waals surface area contributed by atoms with Gasteiger partial charge in [0.15, 0.2) is 0 Å². The lowest BCUT2D eigenvalue weighted by Crippen LogP contribution is -2.39. The lowest BCUT2D eigenvalue weighted by atomic mass is 10.1. The van der Waals surface area contributed by atoms with Crippen LogP contribution in [0.2, 0.25) is 0 Å². The third-order valence-corrected chi connectivity index (χ3v) is 3.16. The molecular weight excluding hydrogens is 230 g/mol. The van der Waals surface area contributed by atoms with Crippen LogP contribution < -0.4 is 10.6 Å². The Bertz CT molecular complexity index is 448. The Hall–Kier alpha value is -1.62. The highest BCUT2D eigenvalue weighted by Gasteiger charge is 2.26. The van der Waals surface area contributed by atoms with Gasteiger partial charge in [-0.3, -0.25) is 4.79 Å². The summed E-state index contributed by atoms with van der Waals surface area (Å²) in [7, 11) is 1.79. The van der Waals surface area contributed by atoms with E-state index in [1.54, 1.807) is 19.2 Å². The van der Waals surface area contributed by atoms with Crippen LogP contribution >= 0.6 is 0 Å². The maximum Gasteiger partial charge on any atom is 0.251 e. The number of rotatable bonds is 3. The van der Waals surface area contributed by atoms with Gasteiger partial charge >= 0.3 is 0 Å². The van der Waals surface area contributed by atoms with Crippen LogP contribution in [0.1, 0.15) is 29.4 Å². The van der Waals surface area contributed by atoms with Crippen LogP contribution in [0.15, 0.2) is 12.1 Å². The summed E-state index contributed by atoms with van der Waals surface area (Å²) >= 11 is 0. The largest absolute Gasteiger partial charge is 0.376 e. The van der Waals surface area contributed by atoms with Crippen LogP contribution in [-0.2, 0) is 4.74 Å². The van der Waals surface area contributed by atoms with Gasteiger partial charge in [0, 0.05) is 24.9 Å². The summed E-state index contributed by atoms with van der Waals surface area (Å²) < 4.78 is 5.43. The van der Waals surface area contributed by atoms with Gasteiger partial charge in [0.2, 0.25) is 0 Å². The van der Waals surface area contributed by atoms with Gasteiger partial charge < -0.3 is 15.4 Å². The number of pyridine rings is 1. The van der Waals surface area contributed by atoms with Crippen molar-refractivity contribution in [3.8, 4) is 0 Å². The van der Waals surface area contributed by atoms with Crippen molar-refractivity contribution in [1.29, 1.82) is 0 Å². The number of hydrogen-bond donors (Lipinski definition) is 2. The van der Waals surface area contributed by atoms with Gasteiger partial charge in [0.25, 0.3) is 5.91 Å². The zero-order valence-corrected chi connectivity index (χ0v) is 11.0. The van der Waals surface area contributed by atoms with Crippen molar-refractivity contribution in [2.45, 2.75) is 32.4 Å². The van der Waals surface area contributed by atoms with Crippen molar-refractivity contribution in [3.05, 3.63) is 23.4 Å². The Morgan fingerprint density at radius 3 is 2.89 bits per heavy atom. The molecule has 1 amide bonds. The number of nitrogens with zero attached hydrogens (tertiary/aromatic N) is 1. The molecule has 5 nitrogen and oxygen atoms in total. The van der Waals surface area contributed by atoms with Crippen molar-refractivity contribution < 1.29 is 9.53 Å². The van der Waals surface area contributed by atoms with Crippen LogP contribution in [0.4, 0.5) is 5.82 Å². The van der Waals surface area contributed by atoms with E-state index in [-0.39, 0.29) is 18.1 Å². The second-order valence-electron chi connectivity index (χ2n) is 4.58. The third kappa shape index (κ3) is 2.79. The first kappa shape index (κ1) is 12.8. The lowest BCUT2D eigenvalue weighted by Gasteiger charge is -2.16. The van der Waals surface area contributed by atoms with E-state index in [0.717, 1.165) is 12.1 Å². The molecule has 2 N–H and O–H groups in total. The van der Waals surface area contributed by atoms with E-state index in [1.165, 1.54) is 0 Å². The van der Waals surface area contributed by atoms with E-state index in [1.807, 2.05) is 13.8 Å². The molecule has 0 spiro atoms. The number of carbonyl (C=O) groups is 1. The number of hydrogen-bond acceptors (Lipinski definition) is 4. The summed E-state index contributed by atoms with van der Waals surface area (Å²) in [5.74, 6) is 0.634. The quantitative estimate of drug-likeness (QED) is 0.848. The Morgan fingerprint density at radius 2 is 2.28 bits per heavy atom. The number of anilines is 1. The molecule has 2 rings (SSSR count). The standard InChI is InChI=1S/C13H19N3O2/c1-8-6-10(7-12(14-3)15-8)13(17)16-11-4-5-18-9(11)2/h6-7,9,11H,4-5H2,1-3H3,(H,14,15)(H,16,17). The van der Waals surface area contributed by atoms with Crippen LogP contribution in [0.3, 0.4) is 0 Å². The molecule has 1 aliphatic heterocycles. The van der Waals surface area contributed by atoms with E-state index < -0.39 is 0 Å². The van der Waals surface area contributed by atoms with Gasteiger partial charge in [0.1, 0.15) is 5.82 Å². The average Bonchev–Trinajstić information content (AvgIpc) is 2.74. The Labute approximate surface area is 107 Å². The summed E-state index contributed by atoms with van der Waals surface area (Å²) in [4.78, 5) is 16.4. The SMILES string of the molecule is CNc1cc(C(=O)NC2CCOC2C)cc(C)n1. The topological polar surface area (TPSA) is 63.2 Å². The molecule has 1 saturated heterocycles. The van der Waals surface area contributed by atoms with Crippen LogP contribution in [0.25, 0.3) is 0 Å². The number of aromatic nitrogens is 1. The van der Waals surface area contributed by atoms with Gasteiger partial charge in [0.05, 0.1) is 12.1 Å². The molecule has 2 heterocycles. The van der Waals surface area contributed by atoms with Crippen molar-refractivity contribution >= 4 is 11.7 Å². The third-order valence-electron chi connectivity index (χ3n) is 3.16. The zero-order chi connectivity index (χ0) is 13.1. The molecule has 98 valence electrons. The average molecular weight is 249 g/mol. The molecule has 1 aliphatic rings. The molecule has 0 aliphatic carbocycles. The first-order chi connectivity index (χ1) is 8.60. The van der Waals surface area contributed by atoms with E-state index in [4.69, 9.17) is 4.74 Å². The van der Waals surface area contributed by atoms with Gasteiger partial charge in [-0.25, -0.2) is 4.98 Å². The minimum absolute atomic E-state index is 0.0700. The lowest BCUT2D eigenvalue weighted by molar-refractivity contribution is 0.0866. The molecule has 0 radical (unpaired) electrons. The van der Waals surface area contributed by atoms with Crippen LogP contribution in [-0.4, -0.2) is 36.7 Å². The van der Waals surface area contributed by atoms with E-state index in [2.05, 4.69) is 15.6 Å². The number of nitrogens with one attached hydrogen (secondary N) is 2. The molecule has 5 heteroatoms. The molecule has 1 aromatic rings. The van der Waals surface area contributed by atoms with Crippen molar-refractivity contribution in [3.63, 3.8) is 0 Å². The van der Waals surface area contributed by atoms with Crippen molar-refractivity contribution in [2.75, 3.05) is 19.0 Å². The number of aryl methyl sites for hydroxylation is 1. The van der Waals surface area contributed by atoms with Gasteiger partial charge in [-0.1, -0.05) is 0 Å². The molecule has 2 atom stereocenters. The molecule has 18 heavy (non-hydrogen) atoms. The molecule has 1 fully saturated rings. The summed E-state index contributed by atoms with van der Waals surface area (Å²) in [6, 6.07) is 3.64. The summed E-state index contributed by atoms with van der Waals surface area (Å²) in [5, 5.41) is 5.95. The van der Waals surface area contributed by atoms with Crippen LogP contribution in [0, 0.1) is 6.92 Å². The zero-order valence-electron chi connectivity index (χ0n) is 11.0. The number of ether oxygens (including phenoxy) is 1. The van der Waals surface area contributed by atoms with Crippen LogP contribution in [0.5, 0.6) is 0 Å². The highest BCUT2D eigenvalue weighted by atomic mass is 16.5. The minimum atomic E-state index is -0.0700. The Morgan fingerprint density at radius 1 is 1.50 bits per heavy atom. The number of carbonyl (C=O) groups excluding carboxylic acids is 1. The smallest absolute Gasteiger partial charge is 0.251 e. The maximum absolute atomic E-state index is 12.1. The highest BCUT2D eigenvalue weighted by molar-refractivity contribution is 5.95. The minimum Gasteiger partial charge on any atom is -0.376 e. The van der Waals surface area contributed by atoms with E-state index in [9.17, 15) is 4.79 Å². The first-order valence-electron chi connectivity index (χ1n) is 6.19. The molecule has 0 bridgehead atoms. The second kappa shape index (κ2) is 5.35. The molecular formula is C13H19N3O2. The van der Waals surface area contributed by atoms with Gasteiger partial charge in [-0.2, -0.15) is 0 Å². The number of amides is 1. The second-order valence-corrected chi connectivity index (χ2v) is 4.58. The molecule has 1 aromatic heterocycles. The van der Waals surface area contributed by atoms with Gasteiger partial charge in [-0.15, -0.1) is 0 Å². The van der Waals surface area contributed by atoms with E-state index >= 15 is 0 Å². The molecule has 0 aromatic carbocycles. The van der Waals surface area contributed by atoms with Crippen molar-refractivity contribution in [1.82, 2.24) is 10.3 Å². The summed E-state index contributed by atoms with van der Waals surface area (Å²) in [6.07, 6.45) is 0.955. The van der Waals surface area contributed by atoms with E-state index in [0.29, 0.717) is 18.0 Å².